The number of imide groups is 1. The number of ether oxygens (including phenoxy) is 1. The van der Waals surface area contributed by atoms with E-state index in [2.05, 4.69) is 5.32 Å². The number of nitro groups is 1. The van der Waals surface area contributed by atoms with Gasteiger partial charge in [0.2, 0.25) is 0 Å². The number of thiocarbonyl (C=S) groups is 1. The first kappa shape index (κ1) is 21.8. The zero-order chi connectivity index (χ0) is 23.5. The molecule has 1 heterocycles. The fourth-order valence-corrected chi connectivity index (χ4v) is 3.48. The van der Waals surface area contributed by atoms with Crippen molar-refractivity contribution in [2.45, 2.75) is 0 Å². The van der Waals surface area contributed by atoms with E-state index in [-0.39, 0.29) is 16.1 Å². The van der Waals surface area contributed by atoms with Crippen molar-refractivity contribution >= 4 is 46.6 Å². The van der Waals surface area contributed by atoms with E-state index in [0.29, 0.717) is 17.2 Å². The monoisotopic (exact) mass is 463 g/mol. The van der Waals surface area contributed by atoms with E-state index >= 15 is 0 Å². The first-order valence-electron chi connectivity index (χ1n) is 9.52. The fraction of sp³-hybridized carbons (Fsp3) is 0. The molecule has 8 nitrogen and oxygen atoms in total. The molecule has 1 aliphatic rings. The van der Waals surface area contributed by atoms with E-state index in [0.717, 1.165) is 29.2 Å². The normalized spacial score (nSPS) is 14.9. The highest BCUT2D eigenvalue weighted by Gasteiger charge is 2.34. The van der Waals surface area contributed by atoms with Crippen molar-refractivity contribution < 1.29 is 23.6 Å². The number of amides is 3. The number of hydrogen-bond donors (Lipinski definition) is 1. The van der Waals surface area contributed by atoms with Crippen molar-refractivity contribution in [2.24, 2.45) is 0 Å². The Labute approximate surface area is 192 Å². The molecule has 1 fully saturated rings. The maximum absolute atomic E-state index is 13.7. The van der Waals surface area contributed by atoms with Crippen molar-refractivity contribution in [3.63, 3.8) is 0 Å². The Morgan fingerprint density at radius 2 is 1.67 bits per heavy atom. The fourth-order valence-electron chi connectivity index (χ4n) is 3.14. The lowest BCUT2D eigenvalue weighted by atomic mass is 10.1. The zero-order valence-corrected chi connectivity index (χ0v) is 17.5. The van der Waals surface area contributed by atoms with Gasteiger partial charge in [-0.3, -0.25) is 25.1 Å². The summed E-state index contributed by atoms with van der Waals surface area (Å²) in [5, 5.41) is 13.4. The highest BCUT2D eigenvalue weighted by atomic mass is 32.1. The maximum atomic E-state index is 13.7. The molecule has 0 unspecified atom stereocenters. The van der Waals surface area contributed by atoms with Gasteiger partial charge in [-0.2, -0.15) is 0 Å². The van der Waals surface area contributed by atoms with Crippen molar-refractivity contribution in [1.29, 1.82) is 0 Å². The lowest BCUT2D eigenvalue weighted by Crippen LogP contribution is -2.53. The number of halogens is 1. The van der Waals surface area contributed by atoms with E-state index in [1.165, 1.54) is 0 Å². The van der Waals surface area contributed by atoms with E-state index in [9.17, 15) is 24.1 Å². The Bertz CT molecular complexity index is 1310. The molecule has 33 heavy (non-hydrogen) atoms. The molecule has 0 aromatic heterocycles. The minimum Gasteiger partial charge on any atom is -0.457 e. The smallest absolute Gasteiger partial charge is 0.334 e. The summed E-state index contributed by atoms with van der Waals surface area (Å²) in [7, 11) is 0. The molecule has 10 heteroatoms. The quantitative estimate of drug-likeness (QED) is 0.247. The number of anilines is 1. The molecule has 0 atom stereocenters. The largest absolute Gasteiger partial charge is 0.457 e. The number of urea groups is 1. The van der Waals surface area contributed by atoms with Gasteiger partial charge < -0.3 is 4.74 Å². The molecule has 1 aliphatic heterocycles. The van der Waals surface area contributed by atoms with Gasteiger partial charge >= 0.3 is 6.03 Å². The predicted molar refractivity (Wildman–Crippen MR) is 123 cm³/mol. The average molecular weight is 463 g/mol. The molecule has 4 rings (SSSR count). The molecule has 0 aliphatic carbocycles. The summed E-state index contributed by atoms with van der Waals surface area (Å²) in [4.78, 5) is 36.4. The summed E-state index contributed by atoms with van der Waals surface area (Å²) in [5.74, 6) is -0.431. The Balaban J connectivity index is 1.65. The van der Waals surface area contributed by atoms with Gasteiger partial charge in [0.15, 0.2) is 0 Å². The number of hydrogen-bond acceptors (Lipinski definition) is 6. The van der Waals surface area contributed by atoms with Crippen LogP contribution in [0.25, 0.3) is 6.08 Å². The van der Waals surface area contributed by atoms with Gasteiger partial charge in [0, 0.05) is 6.07 Å². The molecule has 0 radical (unpaired) electrons. The third kappa shape index (κ3) is 4.60. The van der Waals surface area contributed by atoms with Gasteiger partial charge in [-0.15, -0.1) is 0 Å². The summed E-state index contributed by atoms with van der Waals surface area (Å²) in [6, 6.07) is 17.5. The highest BCUT2D eigenvalue weighted by molar-refractivity contribution is 7.81. The second kappa shape index (κ2) is 8.97. The van der Waals surface area contributed by atoms with E-state index in [1.807, 2.05) is 18.2 Å². The summed E-state index contributed by atoms with van der Waals surface area (Å²) in [6.45, 7) is 0. The lowest BCUT2D eigenvalue weighted by Gasteiger charge is -2.29. The molecule has 1 N–H and O–H groups in total. The number of rotatable bonds is 5. The predicted octanol–water partition coefficient (Wildman–Crippen LogP) is 4.99. The number of nitrogens with one attached hydrogen (secondary N) is 1. The zero-order valence-electron chi connectivity index (χ0n) is 16.7. The van der Waals surface area contributed by atoms with E-state index in [1.54, 1.807) is 36.4 Å². The van der Waals surface area contributed by atoms with Crippen molar-refractivity contribution in [2.75, 3.05) is 4.90 Å². The van der Waals surface area contributed by atoms with Crippen LogP contribution in [0.5, 0.6) is 11.5 Å². The molecule has 3 amide bonds. The van der Waals surface area contributed by atoms with Gasteiger partial charge in [0.25, 0.3) is 11.6 Å². The summed E-state index contributed by atoms with van der Waals surface area (Å²) < 4.78 is 19.4. The molecule has 3 aromatic carbocycles. The molecular formula is C23H14FN3O5S. The Morgan fingerprint density at radius 1 is 1.00 bits per heavy atom. The van der Waals surface area contributed by atoms with Gasteiger partial charge in [-0.05, 0) is 54.6 Å². The van der Waals surface area contributed by atoms with Crippen LogP contribution in [-0.4, -0.2) is 21.9 Å². The van der Waals surface area contributed by atoms with Crippen LogP contribution in [-0.2, 0) is 4.79 Å². The number of benzene rings is 3. The van der Waals surface area contributed by atoms with Gasteiger partial charge in [0.1, 0.15) is 22.3 Å². The second-order valence-corrected chi connectivity index (χ2v) is 7.21. The third-order valence-corrected chi connectivity index (χ3v) is 5.06. The van der Waals surface area contributed by atoms with Crippen LogP contribution in [0.3, 0.4) is 0 Å². The molecular weight excluding hydrogens is 449 g/mol. The van der Waals surface area contributed by atoms with Crippen molar-refractivity contribution in [3.05, 3.63) is 99.9 Å². The van der Waals surface area contributed by atoms with Gasteiger partial charge in [-0.1, -0.05) is 30.4 Å². The minimum atomic E-state index is -0.844. The number of carbonyl (C=O) groups is 2. The second-order valence-electron chi connectivity index (χ2n) is 6.83. The Hall–Kier alpha value is -4.44. The van der Waals surface area contributed by atoms with Gasteiger partial charge in [0.05, 0.1) is 21.7 Å². The van der Waals surface area contributed by atoms with Crippen LogP contribution in [0.15, 0.2) is 78.4 Å². The Morgan fingerprint density at radius 3 is 2.33 bits per heavy atom. The topological polar surface area (TPSA) is 102 Å². The van der Waals surface area contributed by atoms with Crippen LogP contribution in [0.4, 0.5) is 20.6 Å². The first-order valence-corrected chi connectivity index (χ1v) is 9.92. The highest BCUT2D eigenvalue weighted by Crippen LogP contribution is 2.29. The standard InChI is InChI=1S/C23H14FN3O5S/c24-15-6-11-20(27(30)31)14(12-15)13-19-21(28)25-23(29)26(22(19)33)16-7-9-18(10-8-16)32-17-4-2-1-3-5-17/h1-13H,(H,25,28,29)/b19-13+. The molecule has 164 valence electrons. The Kier molecular flexibility index (Phi) is 5.92. The molecule has 0 saturated carbocycles. The van der Waals surface area contributed by atoms with Crippen LogP contribution in [0.1, 0.15) is 5.56 Å². The summed E-state index contributed by atoms with van der Waals surface area (Å²) in [5.41, 5.74) is -0.424. The average Bonchev–Trinajstić information content (AvgIpc) is 2.78. The molecule has 0 spiro atoms. The lowest BCUT2D eigenvalue weighted by molar-refractivity contribution is -0.385. The SMILES string of the molecule is O=C1NC(=O)N(c2ccc(Oc3ccccc3)cc2)C(=S)/C1=C/c1cc(F)ccc1[N+](=O)[O-]. The van der Waals surface area contributed by atoms with Crippen molar-refractivity contribution in [1.82, 2.24) is 5.32 Å². The third-order valence-electron chi connectivity index (χ3n) is 4.66. The number of para-hydroxylation sites is 1. The molecule has 0 bridgehead atoms. The van der Waals surface area contributed by atoms with Crippen molar-refractivity contribution in [3.8, 4) is 11.5 Å². The maximum Gasteiger partial charge on any atom is 0.334 e. The molecule has 1 saturated heterocycles. The first-order chi connectivity index (χ1) is 15.8. The number of nitrogens with zero attached hydrogens (tertiary/aromatic N) is 2. The summed E-state index contributed by atoms with van der Waals surface area (Å²) in [6.07, 6.45) is 1.09. The minimum absolute atomic E-state index is 0.159. The van der Waals surface area contributed by atoms with E-state index < -0.39 is 28.4 Å². The van der Waals surface area contributed by atoms with Crippen LogP contribution in [0, 0.1) is 15.9 Å². The molecule has 3 aromatic rings. The van der Waals surface area contributed by atoms with Gasteiger partial charge in [-0.25, -0.2) is 9.18 Å². The van der Waals surface area contributed by atoms with E-state index in [4.69, 9.17) is 17.0 Å². The van der Waals surface area contributed by atoms with Crippen LogP contribution < -0.4 is 15.0 Å². The number of nitro benzene ring substituents is 1. The summed E-state index contributed by atoms with van der Waals surface area (Å²) >= 11 is 5.34. The van der Waals surface area contributed by atoms with Crippen LogP contribution in [0.2, 0.25) is 0 Å². The van der Waals surface area contributed by atoms with Crippen LogP contribution >= 0.6 is 12.2 Å². The number of carbonyl (C=O) groups excluding carboxylic acids is 2.